The Kier molecular flexibility index (Phi) is 7.21. The summed E-state index contributed by atoms with van der Waals surface area (Å²) in [4.78, 5) is 34.5. The first kappa shape index (κ1) is 22.8. The minimum atomic E-state index is -0.229. The summed E-state index contributed by atoms with van der Waals surface area (Å²) in [6, 6.07) is 14.9. The van der Waals surface area contributed by atoms with Crippen LogP contribution in [-0.4, -0.2) is 55.0 Å². The molecule has 0 saturated heterocycles. The van der Waals surface area contributed by atoms with E-state index in [2.05, 4.69) is 10.3 Å². The number of aryl methyl sites for hydroxylation is 1. The van der Waals surface area contributed by atoms with Crippen LogP contribution in [0.25, 0.3) is 0 Å². The summed E-state index contributed by atoms with van der Waals surface area (Å²) in [5.74, 6) is 1.44. The highest BCUT2D eigenvalue weighted by Gasteiger charge is 2.22. The Morgan fingerprint density at radius 1 is 1.06 bits per heavy atom. The van der Waals surface area contributed by atoms with Crippen LogP contribution in [0.15, 0.2) is 53.9 Å². The molecule has 1 aliphatic heterocycles. The van der Waals surface area contributed by atoms with Crippen molar-refractivity contribution in [3.05, 3.63) is 64.5 Å². The Morgan fingerprint density at radius 2 is 1.88 bits per heavy atom. The molecule has 33 heavy (non-hydrogen) atoms. The molecule has 0 saturated carbocycles. The van der Waals surface area contributed by atoms with Crippen LogP contribution in [0.4, 0.5) is 11.5 Å². The van der Waals surface area contributed by atoms with Crippen molar-refractivity contribution in [3.63, 3.8) is 0 Å². The monoisotopic (exact) mass is 466 g/mol. The van der Waals surface area contributed by atoms with Gasteiger partial charge in [0.25, 0.3) is 0 Å². The number of rotatable bonds is 8. The van der Waals surface area contributed by atoms with Gasteiger partial charge in [-0.05, 0) is 49.7 Å². The van der Waals surface area contributed by atoms with Crippen LogP contribution in [0.1, 0.15) is 10.6 Å². The minimum absolute atomic E-state index is 0.0648. The number of anilines is 2. The number of benzene rings is 1. The molecule has 3 aromatic rings. The van der Waals surface area contributed by atoms with Crippen LogP contribution in [0.2, 0.25) is 0 Å². The average molecular weight is 467 g/mol. The molecule has 1 aliphatic rings. The molecular weight excluding hydrogens is 440 g/mol. The normalized spacial score (nSPS) is 12.5. The molecule has 0 fully saturated rings. The molecular formula is C24H26N4O4S. The minimum Gasteiger partial charge on any atom is -0.486 e. The van der Waals surface area contributed by atoms with Gasteiger partial charge in [-0.3, -0.25) is 14.5 Å². The molecule has 0 aliphatic carbocycles. The summed E-state index contributed by atoms with van der Waals surface area (Å²) in [6.07, 6.45) is 0. The van der Waals surface area contributed by atoms with E-state index in [1.54, 1.807) is 34.3 Å². The lowest BCUT2D eigenvalue weighted by atomic mass is 10.2. The number of carbonyl (C=O) groups excluding carboxylic acids is 2. The van der Waals surface area contributed by atoms with Gasteiger partial charge in [-0.1, -0.05) is 12.1 Å². The number of amides is 2. The van der Waals surface area contributed by atoms with Gasteiger partial charge in [0.1, 0.15) is 19.0 Å². The zero-order valence-electron chi connectivity index (χ0n) is 18.6. The third kappa shape index (κ3) is 6.09. The van der Waals surface area contributed by atoms with E-state index in [-0.39, 0.29) is 24.9 Å². The van der Waals surface area contributed by atoms with Crippen LogP contribution in [-0.2, 0) is 16.1 Å². The number of nitrogens with zero attached hydrogens (tertiary/aromatic N) is 3. The smallest absolute Gasteiger partial charge is 0.241 e. The van der Waals surface area contributed by atoms with Crippen LogP contribution in [0.3, 0.4) is 0 Å². The second-order valence-electron chi connectivity index (χ2n) is 7.77. The van der Waals surface area contributed by atoms with Crippen molar-refractivity contribution in [3.8, 4) is 11.5 Å². The van der Waals surface area contributed by atoms with E-state index in [0.29, 0.717) is 37.1 Å². The quantitative estimate of drug-likeness (QED) is 0.548. The van der Waals surface area contributed by atoms with Gasteiger partial charge in [-0.15, -0.1) is 11.3 Å². The first-order valence-electron chi connectivity index (χ1n) is 10.6. The summed E-state index contributed by atoms with van der Waals surface area (Å²) >= 11 is 1.59. The van der Waals surface area contributed by atoms with Crippen molar-refractivity contribution < 1.29 is 19.1 Å². The fraction of sp³-hybridized carbons (Fsp3) is 0.292. The lowest BCUT2D eigenvalue weighted by Gasteiger charge is -2.27. The fourth-order valence-electron chi connectivity index (χ4n) is 3.49. The summed E-state index contributed by atoms with van der Waals surface area (Å²) < 4.78 is 11.3. The fourth-order valence-corrected chi connectivity index (χ4v) is 4.19. The third-order valence-corrected chi connectivity index (χ3v) is 5.87. The molecule has 0 spiro atoms. The van der Waals surface area contributed by atoms with Crippen LogP contribution in [0.5, 0.6) is 11.5 Å². The third-order valence-electron chi connectivity index (χ3n) is 5.01. The molecule has 8 nitrogen and oxygen atoms in total. The van der Waals surface area contributed by atoms with E-state index in [1.165, 1.54) is 0 Å². The Bertz CT molecular complexity index is 1120. The van der Waals surface area contributed by atoms with Crippen molar-refractivity contribution in [2.45, 2.75) is 13.5 Å². The molecule has 4 rings (SSSR count). The van der Waals surface area contributed by atoms with E-state index in [9.17, 15) is 9.59 Å². The van der Waals surface area contributed by atoms with Crippen molar-refractivity contribution in [2.75, 3.05) is 43.6 Å². The topological polar surface area (TPSA) is 84.0 Å². The second-order valence-corrected chi connectivity index (χ2v) is 8.80. The lowest BCUT2D eigenvalue weighted by Crippen LogP contribution is -2.41. The Balaban J connectivity index is 1.44. The number of thiophene rings is 1. The van der Waals surface area contributed by atoms with Gasteiger partial charge in [0.05, 0.1) is 19.6 Å². The Labute approximate surface area is 196 Å². The zero-order chi connectivity index (χ0) is 23.2. The van der Waals surface area contributed by atoms with Gasteiger partial charge < -0.3 is 19.7 Å². The van der Waals surface area contributed by atoms with Gasteiger partial charge in [-0.2, -0.15) is 0 Å². The highest BCUT2D eigenvalue weighted by molar-refractivity contribution is 7.09. The highest BCUT2D eigenvalue weighted by Crippen LogP contribution is 2.34. The molecule has 0 radical (unpaired) electrons. The number of pyridine rings is 1. The first-order chi connectivity index (χ1) is 16.0. The average Bonchev–Trinajstić information content (AvgIpc) is 3.30. The first-order valence-corrected chi connectivity index (χ1v) is 11.5. The van der Waals surface area contributed by atoms with Gasteiger partial charge >= 0.3 is 0 Å². The molecule has 0 unspecified atom stereocenters. The zero-order valence-corrected chi connectivity index (χ0v) is 19.4. The summed E-state index contributed by atoms with van der Waals surface area (Å²) in [7, 11) is 1.74. The number of aromatic nitrogens is 1. The number of carbonyl (C=O) groups is 2. The van der Waals surface area contributed by atoms with Crippen molar-refractivity contribution >= 4 is 34.7 Å². The number of likely N-dealkylation sites (N-methyl/N-ethyl adjacent to an activating group) is 1. The van der Waals surface area contributed by atoms with E-state index in [4.69, 9.17) is 9.47 Å². The number of hydrogen-bond donors (Lipinski definition) is 1. The number of nitrogens with one attached hydrogen (secondary N) is 1. The molecule has 1 aromatic carbocycles. The summed E-state index contributed by atoms with van der Waals surface area (Å²) in [6.45, 7) is 3.42. The Morgan fingerprint density at radius 3 is 2.64 bits per heavy atom. The van der Waals surface area contributed by atoms with E-state index < -0.39 is 0 Å². The highest BCUT2D eigenvalue weighted by atomic mass is 32.1. The molecule has 0 bridgehead atoms. The number of ether oxygens (including phenoxy) is 2. The Hall–Kier alpha value is -3.43. The van der Waals surface area contributed by atoms with Gasteiger partial charge in [0, 0.05) is 22.3 Å². The standard InChI is InChI=1S/C24H26N4O4S/c1-17-5-3-7-22(25-17)26-23(29)15-27(2)16-24(30)28(14-19-6-4-12-33-19)18-8-9-20-21(13-18)32-11-10-31-20/h3-9,12-13H,10-11,14-16H2,1-2H3,(H,25,26,29). The van der Waals surface area contributed by atoms with Gasteiger partial charge in [-0.25, -0.2) is 4.98 Å². The molecule has 0 atom stereocenters. The van der Waals surface area contributed by atoms with Crippen molar-refractivity contribution in [1.82, 2.24) is 9.88 Å². The maximum atomic E-state index is 13.3. The van der Waals surface area contributed by atoms with Crippen LogP contribution < -0.4 is 19.7 Å². The molecule has 1 N–H and O–H groups in total. The summed E-state index contributed by atoms with van der Waals surface area (Å²) in [5.41, 5.74) is 1.54. The molecule has 172 valence electrons. The van der Waals surface area contributed by atoms with E-state index in [0.717, 1.165) is 16.3 Å². The predicted octanol–water partition coefficient (Wildman–Crippen LogP) is 3.33. The largest absolute Gasteiger partial charge is 0.486 e. The molecule has 2 aromatic heterocycles. The van der Waals surface area contributed by atoms with Crippen molar-refractivity contribution in [2.24, 2.45) is 0 Å². The van der Waals surface area contributed by atoms with E-state index >= 15 is 0 Å². The molecule has 9 heteroatoms. The van der Waals surface area contributed by atoms with E-state index in [1.807, 2.05) is 54.8 Å². The van der Waals surface area contributed by atoms with Gasteiger partial charge in [0.2, 0.25) is 11.8 Å². The molecule has 3 heterocycles. The van der Waals surface area contributed by atoms with Gasteiger partial charge in [0.15, 0.2) is 11.5 Å². The number of hydrogen-bond acceptors (Lipinski definition) is 7. The summed E-state index contributed by atoms with van der Waals surface area (Å²) in [5, 5.41) is 4.76. The SMILES string of the molecule is Cc1cccc(NC(=O)CN(C)CC(=O)N(Cc2cccs2)c2ccc3c(c2)OCCO3)n1. The van der Waals surface area contributed by atoms with Crippen LogP contribution in [0, 0.1) is 6.92 Å². The number of fused-ring (bicyclic) bond motifs is 1. The second kappa shape index (κ2) is 10.5. The predicted molar refractivity (Wildman–Crippen MR) is 128 cm³/mol. The maximum absolute atomic E-state index is 13.3. The lowest BCUT2D eigenvalue weighted by molar-refractivity contribution is -0.121. The molecule has 2 amide bonds. The maximum Gasteiger partial charge on any atom is 0.241 e. The van der Waals surface area contributed by atoms with Crippen molar-refractivity contribution in [1.29, 1.82) is 0 Å². The van der Waals surface area contributed by atoms with Crippen LogP contribution >= 0.6 is 11.3 Å².